The molecule has 1 aromatic carbocycles. The first-order valence-corrected chi connectivity index (χ1v) is 7.33. The Hall–Kier alpha value is -0.860. The number of likely N-dealkylation sites (N-methyl/N-ethyl adjacent to an activating group) is 1. The maximum atomic E-state index is 10.3. The number of hydrogen-bond donors (Lipinski definition) is 1. The summed E-state index contributed by atoms with van der Waals surface area (Å²) in [5.41, 5.74) is 2.51. The molecule has 1 aliphatic rings. The molecule has 2 nitrogen and oxygen atoms in total. The molecule has 0 saturated heterocycles. The van der Waals surface area contributed by atoms with Crippen molar-refractivity contribution in [1.29, 1.82) is 0 Å². The van der Waals surface area contributed by atoms with Crippen molar-refractivity contribution in [3.8, 4) is 0 Å². The molecule has 1 aromatic rings. The highest BCUT2D eigenvalue weighted by Crippen LogP contribution is 2.30. The lowest BCUT2D eigenvalue weighted by atomic mass is 9.86. The summed E-state index contributed by atoms with van der Waals surface area (Å²) in [6.07, 6.45) is 2.35. The number of aliphatic hydroxyl groups is 1. The number of hydrogen-bond acceptors (Lipinski definition) is 2. The van der Waals surface area contributed by atoms with Crippen molar-refractivity contribution in [2.75, 3.05) is 20.1 Å². The summed E-state index contributed by atoms with van der Waals surface area (Å²) in [5, 5.41) is 10.3. The van der Waals surface area contributed by atoms with Crippen molar-refractivity contribution >= 4 is 0 Å². The molecule has 19 heavy (non-hydrogen) atoms. The maximum absolute atomic E-state index is 10.3. The topological polar surface area (TPSA) is 23.5 Å². The molecular weight excluding hydrogens is 234 g/mol. The predicted octanol–water partition coefficient (Wildman–Crippen LogP) is 3.36. The minimum atomic E-state index is -0.377. The second-order valence-corrected chi connectivity index (χ2v) is 7.05. The minimum Gasteiger partial charge on any atom is -0.387 e. The number of aliphatic hydroxyl groups excluding tert-OH is 1. The molecule has 0 spiro atoms. The third kappa shape index (κ3) is 4.32. The van der Waals surface area contributed by atoms with Crippen LogP contribution in [0.2, 0.25) is 0 Å². The summed E-state index contributed by atoms with van der Waals surface area (Å²) in [6.45, 7) is 8.48. The number of benzene rings is 1. The van der Waals surface area contributed by atoms with E-state index in [1.807, 2.05) is 0 Å². The van der Waals surface area contributed by atoms with Crippen LogP contribution in [-0.4, -0.2) is 30.1 Å². The van der Waals surface area contributed by atoms with Crippen LogP contribution in [0.5, 0.6) is 0 Å². The first-order chi connectivity index (χ1) is 8.86. The SMILES string of the molecule is CN(CC1CC1)CC(O)c1ccc(C(C)(C)C)cc1. The van der Waals surface area contributed by atoms with Crippen LogP contribution in [0.4, 0.5) is 0 Å². The van der Waals surface area contributed by atoms with E-state index in [1.165, 1.54) is 18.4 Å². The number of nitrogens with zero attached hydrogens (tertiary/aromatic N) is 1. The van der Waals surface area contributed by atoms with E-state index >= 15 is 0 Å². The van der Waals surface area contributed by atoms with Crippen molar-refractivity contribution < 1.29 is 5.11 Å². The Morgan fingerprint density at radius 1 is 1.21 bits per heavy atom. The monoisotopic (exact) mass is 261 g/mol. The van der Waals surface area contributed by atoms with Crippen molar-refractivity contribution in [2.45, 2.75) is 45.1 Å². The van der Waals surface area contributed by atoms with Crippen LogP contribution in [0.15, 0.2) is 24.3 Å². The van der Waals surface area contributed by atoms with Crippen LogP contribution in [-0.2, 0) is 5.41 Å². The predicted molar refractivity (Wildman–Crippen MR) is 80.3 cm³/mol. The fourth-order valence-electron chi connectivity index (χ4n) is 2.42. The van der Waals surface area contributed by atoms with Crippen molar-refractivity contribution in [3.05, 3.63) is 35.4 Å². The Labute approximate surface area is 117 Å². The summed E-state index contributed by atoms with van der Waals surface area (Å²) in [7, 11) is 2.10. The standard InChI is InChI=1S/C17H27NO/c1-17(2,3)15-9-7-14(8-10-15)16(19)12-18(4)11-13-5-6-13/h7-10,13,16,19H,5-6,11-12H2,1-4H3. The average molecular weight is 261 g/mol. The lowest BCUT2D eigenvalue weighted by Gasteiger charge is -2.22. The molecule has 0 aromatic heterocycles. The fraction of sp³-hybridized carbons (Fsp3) is 0.647. The van der Waals surface area contributed by atoms with Gasteiger partial charge in [0.25, 0.3) is 0 Å². The molecule has 0 radical (unpaired) electrons. The Morgan fingerprint density at radius 3 is 2.26 bits per heavy atom. The van der Waals surface area contributed by atoms with Crippen molar-refractivity contribution in [1.82, 2.24) is 4.90 Å². The lowest BCUT2D eigenvalue weighted by Crippen LogP contribution is -2.26. The zero-order valence-electron chi connectivity index (χ0n) is 12.7. The largest absolute Gasteiger partial charge is 0.387 e. The first kappa shape index (κ1) is 14.5. The summed E-state index contributed by atoms with van der Waals surface area (Å²) in [6, 6.07) is 8.41. The van der Waals surface area contributed by atoms with Gasteiger partial charge in [-0.3, -0.25) is 0 Å². The molecule has 1 atom stereocenters. The van der Waals surface area contributed by atoms with Crippen LogP contribution in [0.3, 0.4) is 0 Å². The molecule has 1 N–H and O–H groups in total. The van der Waals surface area contributed by atoms with Gasteiger partial charge < -0.3 is 10.0 Å². The van der Waals surface area contributed by atoms with E-state index in [1.54, 1.807) is 0 Å². The van der Waals surface area contributed by atoms with E-state index in [9.17, 15) is 5.11 Å². The van der Waals surface area contributed by atoms with Gasteiger partial charge in [-0.15, -0.1) is 0 Å². The zero-order chi connectivity index (χ0) is 14.0. The Balaban J connectivity index is 1.92. The van der Waals surface area contributed by atoms with E-state index in [2.05, 4.69) is 57.0 Å². The second kappa shape index (κ2) is 5.64. The highest BCUT2D eigenvalue weighted by atomic mass is 16.3. The van der Waals surface area contributed by atoms with Gasteiger partial charge in [0.2, 0.25) is 0 Å². The van der Waals surface area contributed by atoms with Gasteiger partial charge in [0, 0.05) is 13.1 Å². The van der Waals surface area contributed by atoms with Gasteiger partial charge in [-0.2, -0.15) is 0 Å². The van der Waals surface area contributed by atoms with Gasteiger partial charge in [0.15, 0.2) is 0 Å². The first-order valence-electron chi connectivity index (χ1n) is 7.33. The average Bonchev–Trinajstić information content (AvgIpc) is 3.11. The van der Waals surface area contributed by atoms with Gasteiger partial charge >= 0.3 is 0 Å². The molecular formula is C17H27NO. The van der Waals surface area contributed by atoms with Gasteiger partial charge in [0.1, 0.15) is 0 Å². The summed E-state index contributed by atoms with van der Waals surface area (Å²) in [4.78, 5) is 2.25. The third-order valence-electron chi connectivity index (χ3n) is 3.91. The Morgan fingerprint density at radius 2 is 1.79 bits per heavy atom. The lowest BCUT2D eigenvalue weighted by molar-refractivity contribution is 0.124. The Kier molecular flexibility index (Phi) is 4.32. The quantitative estimate of drug-likeness (QED) is 0.878. The molecule has 1 aliphatic carbocycles. The highest BCUT2D eigenvalue weighted by Gasteiger charge is 2.23. The van der Waals surface area contributed by atoms with Gasteiger partial charge in [-0.1, -0.05) is 45.0 Å². The molecule has 1 unspecified atom stereocenters. The molecule has 1 fully saturated rings. The molecule has 1 saturated carbocycles. The molecule has 106 valence electrons. The van der Waals surface area contributed by atoms with Crippen LogP contribution in [0, 0.1) is 5.92 Å². The van der Waals surface area contributed by atoms with Gasteiger partial charge in [-0.05, 0) is 42.3 Å². The zero-order valence-corrected chi connectivity index (χ0v) is 12.7. The molecule has 0 heterocycles. The van der Waals surface area contributed by atoms with Gasteiger partial charge in [0.05, 0.1) is 6.10 Å². The number of rotatable bonds is 5. The summed E-state index contributed by atoms with van der Waals surface area (Å²) < 4.78 is 0. The summed E-state index contributed by atoms with van der Waals surface area (Å²) in [5.74, 6) is 0.875. The van der Waals surface area contributed by atoms with E-state index in [0.717, 1.165) is 24.6 Å². The van der Waals surface area contributed by atoms with E-state index in [-0.39, 0.29) is 11.5 Å². The van der Waals surface area contributed by atoms with E-state index in [0.29, 0.717) is 0 Å². The van der Waals surface area contributed by atoms with Crippen molar-refractivity contribution in [3.63, 3.8) is 0 Å². The van der Waals surface area contributed by atoms with E-state index < -0.39 is 0 Å². The Bertz CT molecular complexity index is 400. The normalized spacial score (nSPS) is 17.8. The van der Waals surface area contributed by atoms with Crippen LogP contribution >= 0.6 is 0 Å². The smallest absolute Gasteiger partial charge is 0.0916 e. The summed E-state index contributed by atoms with van der Waals surface area (Å²) >= 11 is 0. The maximum Gasteiger partial charge on any atom is 0.0916 e. The van der Waals surface area contributed by atoms with Crippen LogP contribution in [0.1, 0.15) is 50.8 Å². The molecule has 2 heteroatoms. The minimum absolute atomic E-state index is 0.173. The van der Waals surface area contributed by atoms with Crippen LogP contribution in [0.25, 0.3) is 0 Å². The van der Waals surface area contributed by atoms with Crippen molar-refractivity contribution in [2.24, 2.45) is 5.92 Å². The van der Waals surface area contributed by atoms with E-state index in [4.69, 9.17) is 0 Å². The third-order valence-corrected chi connectivity index (χ3v) is 3.91. The molecule has 0 amide bonds. The molecule has 2 rings (SSSR count). The molecule has 0 bridgehead atoms. The second-order valence-electron chi connectivity index (χ2n) is 7.05. The highest BCUT2D eigenvalue weighted by molar-refractivity contribution is 5.28. The fourth-order valence-corrected chi connectivity index (χ4v) is 2.42. The van der Waals surface area contributed by atoms with Gasteiger partial charge in [-0.25, -0.2) is 0 Å². The molecule has 0 aliphatic heterocycles. The van der Waals surface area contributed by atoms with Crippen LogP contribution < -0.4 is 0 Å².